The lowest BCUT2D eigenvalue weighted by atomic mass is 9.99. The van der Waals surface area contributed by atoms with Crippen LogP contribution in [0.4, 0.5) is 16.2 Å². The molecule has 2 aromatic carbocycles. The van der Waals surface area contributed by atoms with Crippen LogP contribution >= 0.6 is 24.0 Å². The number of amides is 1. The highest BCUT2D eigenvalue weighted by Gasteiger charge is 2.03. The van der Waals surface area contributed by atoms with E-state index in [2.05, 4.69) is 46.3 Å². The van der Waals surface area contributed by atoms with Gasteiger partial charge in [0, 0.05) is 11.4 Å². The number of nitrogens with two attached hydrogens (primary N) is 1. The zero-order valence-corrected chi connectivity index (χ0v) is 18.2. The van der Waals surface area contributed by atoms with Crippen LogP contribution in [0.5, 0.6) is 0 Å². The molecule has 1 amide bonds. The Morgan fingerprint density at radius 3 is 2.19 bits per heavy atom. The molecule has 0 aliphatic heterocycles. The highest BCUT2D eigenvalue weighted by atomic mass is 127. The largest absolute Gasteiger partial charge is 0.453 e. The van der Waals surface area contributed by atoms with Crippen molar-refractivity contribution in [2.24, 2.45) is 10.7 Å². The first-order chi connectivity index (χ1) is 12.5. The van der Waals surface area contributed by atoms with Crippen molar-refractivity contribution in [1.82, 2.24) is 0 Å². The molecule has 0 aromatic heterocycles. The van der Waals surface area contributed by atoms with E-state index in [1.54, 1.807) is 12.1 Å². The minimum atomic E-state index is -0.497. The SMILES string of the molecule is CCC(C)c1ccc(NC(N)=NCc2ccc(NC(=O)OC)cc2)cc1.I. The van der Waals surface area contributed by atoms with Gasteiger partial charge in [-0.3, -0.25) is 5.32 Å². The summed E-state index contributed by atoms with van der Waals surface area (Å²) in [4.78, 5) is 15.5. The second-order valence-electron chi connectivity index (χ2n) is 6.07. The smallest absolute Gasteiger partial charge is 0.411 e. The zero-order chi connectivity index (χ0) is 18.9. The third kappa shape index (κ3) is 7.46. The summed E-state index contributed by atoms with van der Waals surface area (Å²) in [5.41, 5.74) is 9.83. The molecule has 7 heteroatoms. The van der Waals surface area contributed by atoms with E-state index in [4.69, 9.17) is 5.73 Å². The Kier molecular flexibility index (Phi) is 9.63. The minimum absolute atomic E-state index is 0. The molecule has 0 fully saturated rings. The molecule has 146 valence electrons. The summed E-state index contributed by atoms with van der Waals surface area (Å²) in [7, 11) is 1.33. The molecule has 0 saturated carbocycles. The molecule has 4 N–H and O–H groups in total. The maximum atomic E-state index is 11.2. The lowest BCUT2D eigenvalue weighted by Gasteiger charge is -2.11. The van der Waals surface area contributed by atoms with Gasteiger partial charge in [-0.1, -0.05) is 38.1 Å². The predicted molar refractivity (Wildman–Crippen MR) is 122 cm³/mol. The van der Waals surface area contributed by atoms with Crippen LogP contribution in [-0.2, 0) is 11.3 Å². The number of nitrogens with one attached hydrogen (secondary N) is 2. The molecule has 0 aliphatic rings. The molecular weight excluding hydrogens is 455 g/mol. The highest BCUT2D eigenvalue weighted by Crippen LogP contribution is 2.20. The molecule has 0 heterocycles. The van der Waals surface area contributed by atoms with Crippen molar-refractivity contribution in [3.8, 4) is 0 Å². The minimum Gasteiger partial charge on any atom is -0.453 e. The van der Waals surface area contributed by atoms with E-state index in [1.165, 1.54) is 12.7 Å². The van der Waals surface area contributed by atoms with Crippen molar-refractivity contribution in [3.63, 3.8) is 0 Å². The van der Waals surface area contributed by atoms with Crippen molar-refractivity contribution in [2.75, 3.05) is 17.7 Å². The third-order valence-corrected chi connectivity index (χ3v) is 4.18. The number of benzene rings is 2. The van der Waals surface area contributed by atoms with Crippen molar-refractivity contribution in [3.05, 3.63) is 59.7 Å². The maximum Gasteiger partial charge on any atom is 0.411 e. The van der Waals surface area contributed by atoms with Gasteiger partial charge in [0.05, 0.1) is 13.7 Å². The quantitative estimate of drug-likeness (QED) is 0.310. The van der Waals surface area contributed by atoms with Gasteiger partial charge in [0.2, 0.25) is 0 Å². The van der Waals surface area contributed by atoms with E-state index in [-0.39, 0.29) is 24.0 Å². The topological polar surface area (TPSA) is 88.7 Å². The van der Waals surface area contributed by atoms with E-state index >= 15 is 0 Å². The molecule has 2 aromatic rings. The van der Waals surface area contributed by atoms with Gasteiger partial charge < -0.3 is 15.8 Å². The van der Waals surface area contributed by atoms with Gasteiger partial charge in [0.15, 0.2) is 5.96 Å². The normalized spacial score (nSPS) is 11.9. The molecule has 6 nitrogen and oxygen atoms in total. The van der Waals surface area contributed by atoms with E-state index in [0.29, 0.717) is 24.1 Å². The van der Waals surface area contributed by atoms with Gasteiger partial charge in [0.25, 0.3) is 0 Å². The average molecular weight is 482 g/mol. The summed E-state index contributed by atoms with van der Waals surface area (Å²) >= 11 is 0. The van der Waals surface area contributed by atoms with E-state index in [1.807, 2.05) is 24.3 Å². The average Bonchev–Trinajstić information content (AvgIpc) is 2.67. The number of nitrogens with zero attached hydrogens (tertiary/aromatic N) is 1. The molecule has 0 radical (unpaired) electrons. The Bertz CT molecular complexity index is 746. The number of carbonyl (C=O) groups excluding carboxylic acids is 1. The van der Waals surface area contributed by atoms with Crippen LogP contribution in [-0.4, -0.2) is 19.2 Å². The van der Waals surface area contributed by atoms with Gasteiger partial charge in [0.1, 0.15) is 0 Å². The van der Waals surface area contributed by atoms with Gasteiger partial charge in [-0.15, -0.1) is 24.0 Å². The van der Waals surface area contributed by atoms with Crippen LogP contribution in [0.1, 0.15) is 37.3 Å². The molecule has 2 rings (SSSR count). The standard InChI is InChI=1S/C20H26N4O2.HI/c1-4-14(2)16-7-11-17(12-8-16)23-19(21)22-13-15-5-9-18(10-6-15)24-20(25)26-3;/h5-12,14H,4,13H2,1-3H3,(H,24,25)(H3,21,22,23);1H. The number of guanidine groups is 1. The monoisotopic (exact) mass is 482 g/mol. The molecule has 0 aliphatic carbocycles. The number of methoxy groups -OCH3 is 1. The highest BCUT2D eigenvalue weighted by molar-refractivity contribution is 14.0. The first-order valence-electron chi connectivity index (χ1n) is 8.62. The first-order valence-corrected chi connectivity index (χ1v) is 8.62. The summed E-state index contributed by atoms with van der Waals surface area (Å²) in [6.07, 6.45) is 0.619. The van der Waals surface area contributed by atoms with Crippen LogP contribution in [0.15, 0.2) is 53.5 Å². The number of halogens is 1. The van der Waals surface area contributed by atoms with Gasteiger partial charge in [-0.05, 0) is 47.7 Å². The van der Waals surface area contributed by atoms with Crippen LogP contribution in [0, 0.1) is 0 Å². The first kappa shape index (κ1) is 22.8. The van der Waals surface area contributed by atoms with E-state index in [9.17, 15) is 4.79 Å². The fourth-order valence-electron chi connectivity index (χ4n) is 2.36. The number of aliphatic imine (C=N–C) groups is 1. The Labute approximate surface area is 177 Å². The van der Waals surface area contributed by atoms with Gasteiger partial charge in [-0.2, -0.15) is 0 Å². The fraction of sp³-hybridized carbons (Fsp3) is 0.300. The lowest BCUT2D eigenvalue weighted by molar-refractivity contribution is 0.187. The Morgan fingerprint density at radius 2 is 1.63 bits per heavy atom. The number of carbonyl (C=O) groups is 1. The van der Waals surface area contributed by atoms with Gasteiger partial charge >= 0.3 is 6.09 Å². The molecule has 27 heavy (non-hydrogen) atoms. The molecule has 1 unspecified atom stereocenters. The Hall–Kier alpha value is -2.29. The van der Waals surface area contributed by atoms with Crippen molar-refractivity contribution in [2.45, 2.75) is 32.7 Å². The molecule has 0 saturated heterocycles. The molecular formula is C20H27IN4O2. The summed E-state index contributed by atoms with van der Waals surface area (Å²) in [5.74, 6) is 0.907. The van der Waals surface area contributed by atoms with Crippen molar-refractivity contribution in [1.29, 1.82) is 0 Å². The number of anilines is 2. The van der Waals surface area contributed by atoms with Crippen LogP contribution in [0.3, 0.4) is 0 Å². The third-order valence-electron chi connectivity index (χ3n) is 4.18. The maximum absolute atomic E-state index is 11.2. The Balaban J connectivity index is 0.00000364. The predicted octanol–water partition coefficient (Wildman–Crippen LogP) is 4.92. The van der Waals surface area contributed by atoms with Crippen molar-refractivity contribution < 1.29 is 9.53 Å². The second-order valence-corrected chi connectivity index (χ2v) is 6.07. The summed E-state index contributed by atoms with van der Waals surface area (Å²) in [6, 6.07) is 15.6. The number of hydrogen-bond acceptors (Lipinski definition) is 3. The second kappa shape index (κ2) is 11.4. The number of hydrogen-bond donors (Lipinski definition) is 3. The van der Waals surface area contributed by atoms with Crippen LogP contribution < -0.4 is 16.4 Å². The van der Waals surface area contributed by atoms with E-state index in [0.717, 1.165) is 17.7 Å². The van der Waals surface area contributed by atoms with Crippen LogP contribution in [0.25, 0.3) is 0 Å². The Morgan fingerprint density at radius 1 is 1.07 bits per heavy atom. The summed E-state index contributed by atoms with van der Waals surface area (Å²) < 4.78 is 4.55. The molecule has 1 atom stereocenters. The van der Waals surface area contributed by atoms with Gasteiger partial charge in [-0.25, -0.2) is 9.79 Å². The molecule has 0 spiro atoms. The number of rotatable bonds is 6. The number of ether oxygens (including phenoxy) is 1. The van der Waals surface area contributed by atoms with E-state index < -0.39 is 6.09 Å². The zero-order valence-electron chi connectivity index (χ0n) is 15.9. The van der Waals surface area contributed by atoms with Crippen LogP contribution in [0.2, 0.25) is 0 Å². The fourth-order valence-corrected chi connectivity index (χ4v) is 2.36. The summed E-state index contributed by atoms with van der Waals surface area (Å²) in [6.45, 7) is 4.84. The summed E-state index contributed by atoms with van der Waals surface area (Å²) in [5, 5.41) is 5.69. The molecule has 0 bridgehead atoms. The van der Waals surface area contributed by atoms with Crippen molar-refractivity contribution >= 4 is 47.4 Å². The lowest BCUT2D eigenvalue weighted by Crippen LogP contribution is -2.22.